The second-order valence-corrected chi connectivity index (χ2v) is 10.7. The molecular weight excluding hydrogens is 546 g/mol. The van der Waals surface area contributed by atoms with E-state index in [1.165, 1.54) is 0 Å². The third-order valence-electron chi connectivity index (χ3n) is 7.56. The first-order valence-corrected chi connectivity index (χ1v) is 13.8. The highest BCUT2D eigenvalue weighted by molar-refractivity contribution is 5.75. The zero-order chi connectivity index (χ0) is 30.3. The quantitative estimate of drug-likeness (QED) is 0.0534. The average molecular weight is 596 g/mol. The fraction of sp³-hybridized carbons (Fsp3) is 0.957. The first-order chi connectivity index (χ1) is 19.5. The molecule has 0 spiro atoms. The van der Waals surface area contributed by atoms with E-state index in [0.717, 1.165) is 0 Å². The van der Waals surface area contributed by atoms with E-state index >= 15 is 0 Å². The Hall–Kier alpha value is -1.33. The van der Waals surface area contributed by atoms with E-state index in [4.69, 9.17) is 63.8 Å². The number of aliphatic hydroxyl groups excluding tert-OH is 4. The third kappa shape index (κ3) is 8.85. The van der Waals surface area contributed by atoms with Gasteiger partial charge in [-0.2, -0.15) is 0 Å². The van der Waals surface area contributed by atoms with Crippen LogP contribution < -0.4 is 45.5 Å². The summed E-state index contributed by atoms with van der Waals surface area (Å²) in [6.07, 6.45) is -9.92. The molecule has 1 saturated carbocycles. The monoisotopic (exact) mass is 595 g/mol. The number of hydrogen-bond acceptors (Lipinski definition) is 16. The van der Waals surface area contributed by atoms with Gasteiger partial charge in [-0.05, 0) is 12.8 Å². The molecule has 0 aromatic carbocycles. The molecule has 0 amide bonds. The first-order valence-electron chi connectivity index (χ1n) is 13.8. The number of nitrogens with zero attached hydrogens (tertiary/aromatic N) is 1. The van der Waals surface area contributed by atoms with Crippen molar-refractivity contribution in [2.24, 2.45) is 45.1 Å². The van der Waals surface area contributed by atoms with Crippen LogP contribution in [0.4, 0.5) is 0 Å². The normalized spacial score (nSPS) is 43.5. The van der Waals surface area contributed by atoms with Gasteiger partial charge >= 0.3 is 0 Å². The van der Waals surface area contributed by atoms with Crippen LogP contribution >= 0.6 is 0 Å². The minimum absolute atomic E-state index is 0.0106. The van der Waals surface area contributed by atoms with Gasteiger partial charge in [0.2, 0.25) is 0 Å². The molecule has 240 valence electrons. The number of nitrogens with two attached hydrogens (primary N) is 7. The third-order valence-corrected chi connectivity index (χ3v) is 7.56. The lowest BCUT2D eigenvalue weighted by Gasteiger charge is -2.49. The molecule has 3 aliphatic rings. The van der Waals surface area contributed by atoms with E-state index in [0.29, 0.717) is 19.6 Å². The van der Waals surface area contributed by atoms with Gasteiger partial charge in [0.25, 0.3) is 0 Å². The molecule has 19 N–H and O–H groups in total. The summed E-state index contributed by atoms with van der Waals surface area (Å²) in [4.78, 5) is 3.90. The minimum Gasteiger partial charge on any atom is -0.394 e. The molecule has 18 nitrogen and oxygen atoms in total. The van der Waals surface area contributed by atoms with Crippen molar-refractivity contribution < 1.29 is 44.1 Å². The van der Waals surface area contributed by atoms with Gasteiger partial charge < -0.3 is 89.6 Å². The van der Waals surface area contributed by atoms with E-state index in [-0.39, 0.29) is 32.0 Å². The summed E-state index contributed by atoms with van der Waals surface area (Å²) >= 11 is 0. The summed E-state index contributed by atoms with van der Waals surface area (Å²) in [5.41, 5.74) is 41.6. The summed E-state index contributed by atoms with van der Waals surface area (Å²) in [5, 5.41) is 43.9. The van der Waals surface area contributed by atoms with Crippen molar-refractivity contribution in [3.8, 4) is 0 Å². The second-order valence-electron chi connectivity index (χ2n) is 10.7. The van der Waals surface area contributed by atoms with Gasteiger partial charge in [-0.15, -0.1) is 0 Å². The van der Waals surface area contributed by atoms with Crippen LogP contribution in [0.1, 0.15) is 12.8 Å². The van der Waals surface area contributed by atoms with Crippen molar-refractivity contribution in [3.05, 3.63) is 0 Å². The van der Waals surface area contributed by atoms with Gasteiger partial charge in [0.05, 0.1) is 44.1 Å². The highest BCUT2D eigenvalue weighted by Crippen LogP contribution is 2.32. The first kappa shape index (κ1) is 34.2. The lowest BCUT2D eigenvalue weighted by Crippen LogP contribution is -2.68. The number of ether oxygens (including phenoxy) is 5. The average Bonchev–Trinajstić information content (AvgIpc) is 2.92. The zero-order valence-electron chi connectivity index (χ0n) is 23.1. The Balaban J connectivity index is 1.77. The maximum atomic E-state index is 10.7. The molecule has 3 fully saturated rings. The predicted octanol–water partition coefficient (Wildman–Crippen LogP) is -7.41. The van der Waals surface area contributed by atoms with Crippen molar-refractivity contribution in [1.82, 2.24) is 5.32 Å². The topological polar surface area (TPSA) is 334 Å². The molecule has 3 rings (SSSR count). The Morgan fingerprint density at radius 2 is 1.46 bits per heavy atom. The number of aliphatic hydroxyl groups is 4. The summed E-state index contributed by atoms with van der Waals surface area (Å²) < 4.78 is 30.1. The molecule has 2 heterocycles. The van der Waals surface area contributed by atoms with Crippen LogP contribution in [0.5, 0.6) is 0 Å². The maximum Gasteiger partial charge on any atom is 0.186 e. The molecule has 2 saturated heterocycles. The molecule has 0 radical (unpaired) electrons. The van der Waals surface area contributed by atoms with Gasteiger partial charge in [0, 0.05) is 31.7 Å². The number of aliphatic imine (C=N–C) groups is 1. The Morgan fingerprint density at radius 1 is 0.829 bits per heavy atom. The molecule has 0 aromatic rings. The van der Waals surface area contributed by atoms with Gasteiger partial charge in [-0.3, -0.25) is 4.99 Å². The van der Waals surface area contributed by atoms with Crippen LogP contribution in [-0.2, 0) is 23.7 Å². The van der Waals surface area contributed by atoms with Crippen LogP contribution in [0.2, 0.25) is 0 Å². The Bertz CT molecular complexity index is 815. The van der Waals surface area contributed by atoms with Crippen molar-refractivity contribution in [3.63, 3.8) is 0 Å². The lowest BCUT2D eigenvalue weighted by atomic mass is 9.84. The van der Waals surface area contributed by atoms with Gasteiger partial charge in [0.15, 0.2) is 18.5 Å². The fourth-order valence-corrected chi connectivity index (χ4v) is 5.25. The van der Waals surface area contributed by atoms with Crippen LogP contribution in [0.25, 0.3) is 0 Å². The summed E-state index contributed by atoms with van der Waals surface area (Å²) in [5.74, 6) is -0.0106. The lowest BCUT2D eigenvalue weighted by molar-refractivity contribution is -0.318. The SMILES string of the molecule is NC[C@H]1O[C@H](O[C@H]2[C@H](OCCNCCN=C(N)N)[C@@H](O[C@H]3O[C@H](CO)[C@@H](O)[C@H](N)[C@H]3O)[C@H](N)C[C@@H]2N)[C@H](N)C[C@@H]1O. The molecule has 0 aromatic heterocycles. The second kappa shape index (κ2) is 15.9. The molecule has 2 aliphatic heterocycles. The standard InChI is InChI=1S/C23H49N9O9/c24-7-13-12(34)6-11(27)21(38-13)40-18-9(25)5-10(26)19(20(18)37-4-3-31-1-2-32-23(29)30)41-22-17(36)15(28)16(35)14(8-33)39-22/h9-22,31,33-36H,1-8,24-28H2,(H4,29,30,32)/t9-,10+,11+,12-,13+,14+,15-,16+,17+,18+,19-,20-,21+,22+/m0/s1. The highest BCUT2D eigenvalue weighted by atomic mass is 16.7. The Kier molecular flexibility index (Phi) is 13.3. The van der Waals surface area contributed by atoms with E-state index in [1.807, 2.05) is 0 Å². The summed E-state index contributed by atoms with van der Waals surface area (Å²) in [6, 6.07) is -3.14. The number of hydrogen-bond donors (Lipinski definition) is 12. The van der Waals surface area contributed by atoms with Gasteiger partial charge in [-0.1, -0.05) is 0 Å². The van der Waals surface area contributed by atoms with E-state index in [1.54, 1.807) is 0 Å². The molecule has 0 bridgehead atoms. The van der Waals surface area contributed by atoms with Crippen molar-refractivity contribution in [1.29, 1.82) is 0 Å². The largest absolute Gasteiger partial charge is 0.394 e. The number of nitrogens with one attached hydrogen (secondary N) is 1. The molecule has 1 aliphatic carbocycles. The molecular formula is C23H49N9O9. The van der Waals surface area contributed by atoms with E-state index in [9.17, 15) is 20.4 Å². The van der Waals surface area contributed by atoms with Crippen molar-refractivity contribution in [2.45, 2.75) is 98.4 Å². The fourth-order valence-electron chi connectivity index (χ4n) is 5.25. The van der Waals surface area contributed by atoms with Crippen LogP contribution in [0.3, 0.4) is 0 Å². The molecule has 14 atom stereocenters. The molecule has 41 heavy (non-hydrogen) atoms. The predicted molar refractivity (Wildman–Crippen MR) is 146 cm³/mol. The number of rotatable bonds is 13. The smallest absolute Gasteiger partial charge is 0.186 e. The van der Waals surface area contributed by atoms with Crippen LogP contribution in [-0.4, -0.2) is 151 Å². The zero-order valence-corrected chi connectivity index (χ0v) is 23.1. The van der Waals surface area contributed by atoms with Gasteiger partial charge in [0.1, 0.15) is 36.6 Å². The summed E-state index contributed by atoms with van der Waals surface area (Å²) in [7, 11) is 0. The van der Waals surface area contributed by atoms with E-state index < -0.39 is 92.2 Å². The highest BCUT2D eigenvalue weighted by Gasteiger charge is 2.51. The molecule has 18 heteroatoms. The number of guanidine groups is 1. The van der Waals surface area contributed by atoms with Crippen molar-refractivity contribution >= 4 is 5.96 Å². The van der Waals surface area contributed by atoms with Gasteiger partial charge in [-0.25, -0.2) is 0 Å². The maximum absolute atomic E-state index is 10.7. The van der Waals surface area contributed by atoms with E-state index in [2.05, 4.69) is 10.3 Å². The molecule has 0 unspecified atom stereocenters. The minimum atomic E-state index is -1.44. The Morgan fingerprint density at radius 3 is 2.07 bits per heavy atom. The Labute approximate surface area is 238 Å². The van der Waals surface area contributed by atoms with Crippen molar-refractivity contribution in [2.75, 3.05) is 39.4 Å². The van der Waals surface area contributed by atoms with Crippen LogP contribution in [0, 0.1) is 0 Å². The summed E-state index contributed by atoms with van der Waals surface area (Å²) in [6.45, 7) is 0.932. The van der Waals surface area contributed by atoms with Crippen LogP contribution in [0.15, 0.2) is 4.99 Å².